The monoisotopic (exact) mass is 270 g/mol. The minimum Gasteiger partial charge on any atom is -0.469 e. The van der Waals surface area contributed by atoms with Crippen molar-refractivity contribution in [3.05, 3.63) is 42.0 Å². The highest BCUT2D eigenvalue weighted by atomic mass is 32.2. The van der Waals surface area contributed by atoms with Gasteiger partial charge in [0.2, 0.25) is 5.09 Å². The molecule has 7 heteroatoms. The number of sulfonamides is 1. The van der Waals surface area contributed by atoms with E-state index in [-0.39, 0.29) is 5.09 Å². The molecule has 0 aliphatic rings. The van der Waals surface area contributed by atoms with Gasteiger partial charge in [0.1, 0.15) is 11.5 Å². The van der Waals surface area contributed by atoms with Crippen molar-refractivity contribution >= 4 is 10.0 Å². The van der Waals surface area contributed by atoms with Crippen molar-refractivity contribution < 1.29 is 17.3 Å². The van der Waals surface area contributed by atoms with Gasteiger partial charge in [-0.1, -0.05) is 0 Å². The van der Waals surface area contributed by atoms with Crippen LogP contribution in [-0.4, -0.2) is 15.0 Å². The standard InChI is InChI=1S/C11H14N2O4S/c12-18(14,15)11-4-3-10(17-11)8-13-6-5-9-2-1-7-16-9/h1-4,7,13H,5-6,8H2,(H2,12,14,15). The van der Waals surface area contributed by atoms with Crippen molar-refractivity contribution in [3.63, 3.8) is 0 Å². The quantitative estimate of drug-likeness (QED) is 0.758. The molecule has 0 radical (unpaired) electrons. The molecule has 6 nitrogen and oxygen atoms in total. The smallest absolute Gasteiger partial charge is 0.271 e. The fraction of sp³-hybridized carbons (Fsp3) is 0.273. The zero-order chi connectivity index (χ0) is 13.0. The summed E-state index contributed by atoms with van der Waals surface area (Å²) >= 11 is 0. The van der Waals surface area contributed by atoms with Crippen LogP contribution in [0, 0.1) is 0 Å². The van der Waals surface area contributed by atoms with E-state index in [0.717, 1.165) is 12.2 Å². The Kier molecular flexibility index (Phi) is 3.85. The number of furan rings is 2. The Morgan fingerprint density at radius 3 is 2.67 bits per heavy atom. The van der Waals surface area contributed by atoms with Crippen molar-refractivity contribution in [2.45, 2.75) is 18.1 Å². The van der Waals surface area contributed by atoms with E-state index < -0.39 is 10.0 Å². The number of primary sulfonamides is 1. The van der Waals surface area contributed by atoms with Crippen molar-refractivity contribution in [2.24, 2.45) is 5.14 Å². The summed E-state index contributed by atoms with van der Waals surface area (Å²) in [5.74, 6) is 1.42. The molecule has 0 amide bonds. The van der Waals surface area contributed by atoms with Crippen LogP contribution in [0.1, 0.15) is 11.5 Å². The van der Waals surface area contributed by atoms with Crippen molar-refractivity contribution in [1.82, 2.24) is 5.32 Å². The summed E-state index contributed by atoms with van der Waals surface area (Å²) in [7, 11) is -3.76. The van der Waals surface area contributed by atoms with Gasteiger partial charge < -0.3 is 14.2 Å². The highest BCUT2D eigenvalue weighted by Gasteiger charge is 2.12. The Hall–Kier alpha value is -1.57. The molecule has 2 aromatic heterocycles. The third-order valence-corrected chi connectivity index (χ3v) is 3.13. The predicted octanol–water partition coefficient (Wildman–Crippen LogP) is 0.852. The van der Waals surface area contributed by atoms with Gasteiger partial charge in [-0.3, -0.25) is 0 Å². The fourth-order valence-corrected chi connectivity index (χ4v) is 1.97. The summed E-state index contributed by atoms with van der Waals surface area (Å²) < 4.78 is 32.2. The van der Waals surface area contributed by atoms with Crippen LogP contribution in [0.5, 0.6) is 0 Å². The number of rotatable bonds is 6. The lowest BCUT2D eigenvalue weighted by Crippen LogP contribution is -2.16. The first-order chi connectivity index (χ1) is 8.55. The highest BCUT2D eigenvalue weighted by Crippen LogP contribution is 2.11. The molecule has 2 aromatic rings. The molecule has 0 saturated carbocycles. The van der Waals surface area contributed by atoms with E-state index in [9.17, 15) is 8.42 Å². The van der Waals surface area contributed by atoms with E-state index in [1.807, 2.05) is 12.1 Å². The largest absolute Gasteiger partial charge is 0.469 e. The predicted molar refractivity (Wildman–Crippen MR) is 64.2 cm³/mol. The number of hydrogen-bond acceptors (Lipinski definition) is 5. The van der Waals surface area contributed by atoms with Crippen LogP contribution in [0.4, 0.5) is 0 Å². The summed E-state index contributed by atoms with van der Waals surface area (Å²) in [6.07, 6.45) is 2.38. The first-order valence-corrected chi connectivity index (χ1v) is 6.95. The van der Waals surface area contributed by atoms with Gasteiger partial charge in [0, 0.05) is 13.0 Å². The molecule has 0 atom stereocenters. The Labute approximate surface area is 105 Å². The van der Waals surface area contributed by atoms with Gasteiger partial charge in [0.15, 0.2) is 0 Å². The van der Waals surface area contributed by atoms with Gasteiger partial charge >= 0.3 is 0 Å². The molecule has 0 aliphatic heterocycles. The third kappa shape index (κ3) is 3.46. The average molecular weight is 270 g/mol. The van der Waals surface area contributed by atoms with Crippen molar-refractivity contribution in [1.29, 1.82) is 0 Å². The topological polar surface area (TPSA) is 98.5 Å². The molecule has 2 rings (SSSR count). The summed E-state index contributed by atoms with van der Waals surface area (Å²) in [5.41, 5.74) is 0. The summed E-state index contributed by atoms with van der Waals surface area (Å²) in [4.78, 5) is 0. The Bertz CT molecular complexity index is 586. The summed E-state index contributed by atoms with van der Waals surface area (Å²) in [6.45, 7) is 1.15. The van der Waals surface area contributed by atoms with Crippen LogP contribution < -0.4 is 10.5 Å². The molecule has 98 valence electrons. The maximum atomic E-state index is 11.0. The number of nitrogens with two attached hydrogens (primary N) is 1. The Morgan fingerprint density at radius 1 is 1.22 bits per heavy atom. The minimum absolute atomic E-state index is 0.217. The normalized spacial score (nSPS) is 11.8. The average Bonchev–Trinajstić information content (AvgIpc) is 2.95. The van der Waals surface area contributed by atoms with Gasteiger partial charge in [0.25, 0.3) is 10.0 Å². The second-order valence-electron chi connectivity index (χ2n) is 3.77. The first-order valence-electron chi connectivity index (χ1n) is 5.40. The lowest BCUT2D eigenvalue weighted by molar-refractivity contribution is 0.401. The molecule has 0 saturated heterocycles. The van der Waals surface area contributed by atoms with E-state index in [1.54, 1.807) is 12.3 Å². The SMILES string of the molecule is NS(=O)(=O)c1ccc(CNCCc2ccco2)o1. The van der Waals surface area contributed by atoms with Crippen LogP contribution in [-0.2, 0) is 23.0 Å². The minimum atomic E-state index is -3.76. The lowest BCUT2D eigenvalue weighted by atomic mass is 10.3. The summed E-state index contributed by atoms with van der Waals surface area (Å²) in [5, 5.41) is 7.83. The van der Waals surface area contributed by atoms with Crippen molar-refractivity contribution in [3.8, 4) is 0 Å². The molecule has 0 aromatic carbocycles. The van der Waals surface area contributed by atoms with E-state index in [4.69, 9.17) is 14.0 Å². The van der Waals surface area contributed by atoms with Crippen LogP contribution in [0.15, 0.2) is 44.5 Å². The Balaban J connectivity index is 1.79. The van der Waals surface area contributed by atoms with Crippen molar-refractivity contribution in [2.75, 3.05) is 6.54 Å². The second-order valence-corrected chi connectivity index (χ2v) is 5.26. The molecule has 0 fully saturated rings. The van der Waals surface area contributed by atoms with Crippen LogP contribution >= 0.6 is 0 Å². The molecule has 0 unspecified atom stereocenters. The van der Waals surface area contributed by atoms with E-state index in [2.05, 4.69) is 5.32 Å². The Morgan fingerprint density at radius 2 is 2.06 bits per heavy atom. The molecule has 2 heterocycles. The molecule has 3 N–H and O–H groups in total. The number of hydrogen-bond donors (Lipinski definition) is 2. The highest BCUT2D eigenvalue weighted by molar-refractivity contribution is 7.89. The molecular formula is C11H14N2O4S. The van der Waals surface area contributed by atoms with Gasteiger partial charge in [-0.05, 0) is 24.3 Å². The maximum absolute atomic E-state index is 11.0. The molecule has 0 aliphatic carbocycles. The van der Waals surface area contributed by atoms with Crippen LogP contribution in [0.2, 0.25) is 0 Å². The van der Waals surface area contributed by atoms with E-state index in [0.29, 0.717) is 18.8 Å². The maximum Gasteiger partial charge on any atom is 0.271 e. The zero-order valence-electron chi connectivity index (χ0n) is 9.63. The molecular weight excluding hydrogens is 256 g/mol. The number of nitrogens with one attached hydrogen (secondary N) is 1. The van der Waals surface area contributed by atoms with Gasteiger partial charge in [-0.25, -0.2) is 13.6 Å². The van der Waals surface area contributed by atoms with Crippen LogP contribution in [0.25, 0.3) is 0 Å². The fourth-order valence-electron chi connectivity index (χ4n) is 1.48. The van der Waals surface area contributed by atoms with E-state index >= 15 is 0 Å². The van der Waals surface area contributed by atoms with Gasteiger partial charge in [-0.2, -0.15) is 0 Å². The summed E-state index contributed by atoms with van der Waals surface area (Å²) in [6, 6.07) is 6.66. The van der Waals surface area contributed by atoms with Gasteiger partial charge in [-0.15, -0.1) is 0 Å². The van der Waals surface area contributed by atoms with Crippen LogP contribution in [0.3, 0.4) is 0 Å². The van der Waals surface area contributed by atoms with E-state index in [1.165, 1.54) is 6.07 Å². The second kappa shape index (κ2) is 5.38. The molecule has 0 bridgehead atoms. The molecule has 0 spiro atoms. The molecule has 18 heavy (non-hydrogen) atoms. The lowest BCUT2D eigenvalue weighted by Gasteiger charge is -2.00. The zero-order valence-corrected chi connectivity index (χ0v) is 10.4. The first kappa shape index (κ1) is 12.9. The van der Waals surface area contributed by atoms with Gasteiger partial charge in [0.05, 0.1) is 12.8 Å². The third-order valence-electron chi connectivity index (χ3n) is 2.34.